The number of amides is 1. The molecule has 0 bridgehead atoms. The third kappa shape index (κ3) is 3.56. The molecule has 120 valence electrons. The summed E-state index contributed by atoms with van der Waals surface area (Å²) in [5, 5.41) is 0. The van der Waals surface area contributed by atoms with Crippen LogP contribution in [0.4, 0.5) is 0 Å². The van der Waals surface area contributed by atoms with E-state index in [-0.39, 0.29) is 18.6 Å². The van der Waals surface area contributed by atoms with E-state index in [2.05, 4.69) is 9.80 Å². The van der Waals surface area contributed by atoms with Crippen molar-refractivity contribution in [2.24, 2.45) is 0 Å². The number of hydrogen-bond acceptors (Lipinski definition) is 5. The Morgan fingerprint density at radius 2 is 2.00 bits per heavy atom. The second kappa shape index (κ2) is 7.05. The summed E-state index contributed by atoms with van der Waals surface area (Å²) in [6.07, 6.45) is 2.86. The van der Waals surface area contributed by atoms with Gasteiger partial charge in [0.2, 0.25) is 5.91 Å². The minimum absolute atomic E-state index is 0.0787. The topological polar surface area (TPSA) is 45.2 Å². The summed E-state index contributed by atoms with van der Waals surface area (Å²) in [5.74, 6) is 0.0787. The first-order valence-corrected chi connectivity index (χ1v) is 8.12. The molecule has 2 atom stereocenters. The van der Waals surface area contributed by atoms with Gasteiger partial charge in [-0.2, -0.15) is 0 Å². The average Bonchev–Trinajstić information content (AvgIpc) is 3.14. The number of rotatable bonds is 5. The van der Waals surface area contributed by atoms with Crippen LogP contribution in [0.3, 0.4) is 0 Å². The van der Waals surface area contributed by atoms with Crippen LogP contribution < -0.4 is 0 Å². The van der Waals surface area contributed by atoms with Crippen molar-refractivity contribution in [3.63, 3.8) is 0 Å². The van der Waals surface area contributed by atoms with Crippen molar-refractivity contribution in [1.29, 1.82) is 0 Å². The summed E-state index contributed by atoms with van der Waals surface area (Å²) < 4.78 is 10.8. The van der Waals surface area contributed by atoms with Gasteiger partial charge in [0.1, 0.15) is 6.61 Å². The molecule has 21 heavy (non-hydrogen) atoms. The van der Waals surface area contributed by atoms with Crippen molar-refractivity contribution in [2.75, 3.05) is 66.1 Å². The molecule has 0 N–H and O–H groups in total. The Labute approximate surface area is 126 Å². The number of nitrogens with zero attached hydrogens (tertiary/aromatic N) is 3. The molecule has 6 nitrogen and oxygen atoms in total. The maximum Gasteiger partial charge on any atom is 0.248 e. The predicted molar refractivity (Wildman–Crippen MR) is 79.2 cm³/mol. The van der Waals surface area contributed by atoms with Gasteiger partial charge in [-0.25, -0.2) is 0 Å². The minimum atomic E-state index is 0.0787. The molecule has 3 aliphatic heterocycles. The summed E-state index contributed by atoms with van der Waals surface area (Å²) in [6.45, 7) is 8.18. The summed E-state index contributed by atoms with van der Waals surface area (Å²) in [6, 6.07) is 0.363. The zero-order valence-electron chi connectivity index (χ0n) is 13.0. The Balaban J connectivity index is 1.52. The van der Waals surface area contributed by atoms with Crippen LogP contribution in [0.5, 0.6) is 0 Å². The van der Waals surface area contributed by atoms with E-state index >= 15 is 0 Å². The quantitative estimate of drug-likeness (QED) is 0.693. The monoisotopic (exact) mass is 297 g/mol. The van der Waals surface area contributed by atoms with Crippen LogP contribution in [-0.4, -0.2) is 98.9 Å². The molecule has 0 saturated carbocycles. The van der Waals surface area contributed by atoms with Crippen molar-refractivity contribution < 1.29 is 14.3 Å². The number of carbonyl (C=O) groups excluding carboxylic acids is 1. The van der Waals surface area contributed by atoms with Gasteiger partial charge in [0.25, 0.3) is 0 Å². The molecular formula is C15H27N3O3. The molecular weight excluding hydrogens is 270 g/mol. The number of carbonyl (C=O) groups is 1. The molecule has 0 aromatic carbocycles. The van der Waals surface area contributed by atoms with Crippen LogP contribution in [0, 0.1) is 0 Å². The Bertz CT molecular complexity index is 360. The lowest BCUT2D eigenvalue weighted by Crippen LogP contribution is -2.52. The van der Waals surface area contributed by atoms with Crippen molar-refractivity contribution in [2.45, 2.75) is 25.0 Å². The van der Waals surface area contributed by atoms with E-state index in [0.29, 0.717) is 12.6 Å². The molecule has 0 radical (unpaired) electrons. The van der Waals surface area contributed by atoms with E-state index in [4.69, 9.17) is 9.47 Å². The smallest absolute Gasteiger partial charge is 0.248 e. The van der Waals surface area contributed by atoms with Crippen LogP contribution in [0.15, 0.2) is 0 Å². The fourth-order valence-electron chi connectivity index (χ4n) is 3.73. The zero-order valence-corrected chi connectivity index (χ0v) is 13.0. The van der Waals surface area contributed by atoms with Gasteiger partial charge < -0.3 is 19.3 Å². The number of hydrogen-bond donors (Lipinski definition) is 0. The first kappa shape index (κ1) is 15.2. The lowest BCUT2D eigenvalue weighted by atomic mass is 10.1. The van der Waals surface area contributed by atoms with Crippen molar-refractivity contribution in [3.8, 4) is 0 Å². The van der Waals surface area contributed by atoms with Crippen molar-refractivity contribution in [3.05, 3.63) is 0 Å². The summed E-state index contributed by atoms with van der Waals surface area (Å²) in [7, 11) is 1.57. The number of methoxy groups -OCH3 is 1. The highest BCUT2D eigenvalue weighted by Crippen LogP contribution is 2.23. The second-order valence-corrected chi connectivity index (χ2v) is 6.29. The molecule has 0 spiro atoms. The number of ether oxygens (including phenoxy) is 2. The molecule has 3 heterocycles. The van der Waals surface area contributed by atoms with Crippen molar-refractivity contribution in [1.82, 2.24) is 14.7 Å². The summed E-state index contributed by atoms with van der Waals surface area (Å²) in [5.41, 5.74) is 0. The Morgan fingerprint density at radius 3 is 2.76 bits per heavy atom. The molecule has 0 aromatic rings. The molecule has 0 unspecified atom stereocenters. The SMILES string of the molecule is COCC(=O)N1C[C@@H]2OCCN(CCN3CCCC3)[C@H]2C1. The highest BCUT2D eigenvalue weighted by molar-refractivity contribution is 5.77. The maximum absolute atomic E-state index is 12.0. The molecule has 0 aliphatic carbocycles. The van der Waals surface area contributed by atoms with Gasteiger partial charge >= 0.3 is 0 Å². The number of morpholine rings is 1. The summed E-state index contributed by atoms with van der Waals surface area (Å²) >= 11 is 0. The number of likely N-dealkylation sites (tertiary alicyclic amines) is 2. The standard InChI is InChI=1S/C15H27N3O3/c1-20-12-15(19)18-10-13-14(11-18)21-9-8-17(13)7-6-16-4-2-3-5-16/h13-14H,2-12H2,1H3/t13-,14-/m0/s1. The Hall–Kier alpha value is -0.690. The van der Waals surface area contributed by atoms with E-state index < -0.39 is 0 Å². The first-order valence-electron chi connectivity index (χ1n) is 8.12. The maximum atomic E-state index is 12.0. The predicted octanol–water partition coefficient (Wildman–Crippen LogP) is -0.360. The third-order valence-electron chi connectivity index (χ3n) is 4.94. The van der Waals surface area contributed by atoms with Gasteiger partial charge in [-0.1, -0.05) is 0 Å². The Kier molecular flexibility index (Phi) is 5.11. The zero-order chi connectivity index (χ0) is 14.7. The van der Waals surface area contributed by atoms with Crippen LogP contribution in [0.25, 0.3) is 0 Å². The third-order valence-corrected chi connectivity index (χ3v) is 4.94. The van der Waals surface area contributed by atoms with Gasteiger partial charge in [0.05, 0.1) is 18.8 Å². The highest BCUT2D eigenvalue weighted by Gasteiger charge is 2.41. The van der Waals surface area contributed by atoms with Gasteiger partial charge in [-0.15, -0.1) is 0 Å². The van der Waals surface area contributed by atoms with Gasteiger partial charge in [0, 0.05) is 39.8 Å². The molecule has 3 fully saturated rings. The lowest BCUT2D eigenvalue weighted by Gasteiger charge is -2.37. The normalized spacial score (nSPS) is 30.8. The van der Waals surface area contributed by atoms with Crippen LogP contribution in [0.1, 0.15) is 12.8 Å². The minimum Gasteiger partial charge on any atom is -0.375 e. The van der Waals surface area contributed by atoms with E-state index in [0.717, 1.165) is 32.8 Å². The van der Waals surface area contributed by atoms with Crippen LogP contribution in [-0.2, 0) is 14.3 Å². The molecule has 3 aliphatic rings. The van der Waals surface area contributed by atoms with Crippen LogP contribution >= 0.6 is 0 Å². The highest BCUT2D eigenvalue weighted by atomic mass is 16.5. The summed E-state index contributed by atoms with van der Waals surface area (Å²) in [4.78, 5) is 18.9. The van der Waals surface area contributed by atoms with Gasteiger partial charge in [-0.05, 0) is 25.9 Å². The van der Waals surface area contributed by atoms with Gasteiger partial charge in [-0.3, -0.25) is 9.69 Å². The fourth-order valence-corrected chi connectivity index (χ4v) is 3.73. The first-order chi connectivity index (χ1) is 10.3. The largest absolute Gasteiger partial charge is 0.375 e. The molecule has 0 aromatic heterocycles. The second-order valence-electron chi connectivity index (χ2n) is 6.29. The number of fused-ring (bicyclic) bond motifs is 1. The fraction of sp³-hybridized carbons (Fsp3) is 0.933. The van der Waals surface area contributed by atoms with E-state index in [1.807, 2.05) is 4.90 Å². The van der Waals surface area contributed by atoms with E-state index in [1.165, 1.54) is 25.9 Å². The van der Waals surface area contributed by atoms with Gasteiger partial charge in [0.15, 0.2) is 0 Å². The van der Waals surface area contributed by atoms with Crippen molar-refractivity contribution >= 4 is 5.91 Å². The average molecular weight is 297 g/mol. The van der Waals surface area contributed by atoms with E-state index in [1.54, 1.807) is 7.11 Å². The Morgan fingerprint density at radius 1 is 1.19 bits per heavy atom. The molecule has 3 rings (SSSR count). The molecule has 6 heteroatoms. The molecule has 3 saturated heterocycles. The van der Waals surface area contributed by atoms with E-state index in [9.17, 15) is 4.79 Å². The lowest BCUT2D eigenvalue weighted by molar-refractivity contribution is -0.134. The molecule has 1 amide bonds. The van der Waals surface area contributed by atoms with Crippen LogP contribution in [0.2, 0.25) is 0 Å².